The van der Waals surface area contributed by atoms with Gasteiger partial charge < -0.3 is 4.74 Å². The first-order valence-corrected chi connectivity index (χ1v) is 4.42. The highest BCUT2D eigenvalue weighted by Crippen LogP contribution is 2.27. The van der Waals surface area contributed by atoms with Gasteiger partial charge in [0.15, 0.2) is 0 Å². The van der Waals surface area contributed by atoms with Gasteiger partial charge in [-0.3, -0.25) is 0 Å². The number of nitrogens with zero attached hydrogens (tertiary/aromatic N) is 1. The molecule has 0 atom stereocenters. The van der Waals surface area contributed by atoms with Crippen molar-refractivity contribution in [2.75, 3.05) is 0 Å². The summed E-state index contributed by atoms with van der Waals surface area (Å²) in [6.45, 7) is 4.04. The molecule has 2 heterocycles. The van der Waals surface area contributed by atoms with Crippen LogP contribution in [0.5, 0.6) is 5.88 Å². The Labute approximate surface area is 79.0 Å². The number of hydrogen-bond acceptors (Lipinski definition) is 2. The third kappa shape index (κ3) is 1.59. The number of hydrogen-bond donors (Lipinski definition) is 0. The maximum atomic E-state index is 5.68. The van der Waals surface area contributed by atoms with Gasteiger partial charge in [0.2, 0.25) is 5.88 Å². The topological polar surface area (TPSA) is 22.1 Å². The number of pyridine rings is 1. The van der Waals surface area contributed by atoms with Gasteiger partial charge in [0.25, 0.3) is 0 Å². The highest BCUT2D eigenvalue weighted by Gasteiger charge is 2.22. The minimum absolute atomic E-state index is 0.227. The molecular weight excluding hydrogens is 161 g/mol. The minimum atomic E-state index is -0.227. The Morgan fingerprint density at radius 2 is 2.23 bits per heavy atom. The van der Waals surface area contributed by atoms with Crippen LogP contribution < -0.4 is 10.2 Å². The molecule has 0 spiro atoms. The number of ether oxygens (including phenoxy) is 1. The number of rotatable bonds is 0. The molecule has 13 heavy (non-hydrogen) atoms. The van der Waals surface area contributed by atoms with Gasteiger partial charge in [0.05, 0.1) is 0 Å². The summed E-state index contributed by atoms with van der Waals surface area (Å²) in [4.78, 5) is 4.24. The molecule has 0 radical (unpaired) electrons. The lowest BCUT2D eigenvalue weighted by atomic mass is 9.95. The molecule has 0 saturated carbocycles. The lowest BCUT2D eigenvalue weighted by Gasteiger charge is -2.26. The van der Waals surface area contributed by atoms with Crippen molar-refractivity contribution in [1.29, 1.82) is 0 Å². The molecule has 0 aliphatic carbocycles. The monoisotopic (exact) mass is 173 g/mol. The van der Waals surface area contributed by atoms with Crippen molar-refractivity contribution in [3.63, 3.8) is 0 Å². The van der Waals surface area contributed by atoms with E-state index in [1.54, 1.807) is 0 Å². The molecule has 0 saturated heterocycles. The highest BCUT2D eigenvalue weighted by molar-refractivity contribution is 6.32. The van der Waals surface area contributed by atoms with Crippen LogP contribution in [-0.2, 0) is 0 Å². The van der Waals surface area contributed by atoms with Crippen LogP contribution in [0.2, 0.25) is 0 Å². The molecule has 0 aromatic carbocycles. The fraction of sp³-hybridized carbons (Fsp3) is 0.300. The summed E-state index contributed by atoms with van der Waals surface area (Å²) in [5.41, 5.74) is 2.00. The molecule has 1 aliphatic rings. The van der Waals surface area contributed by atoms with E-state index in [-0.39, 0.29) is 5.60 Å². The largest absolute Gasteiger partial charge is 0.467 e. The van der Waals surface area contributed by atoms with Crippen LogP contribution in [0.3, 0.4) is 0 Å². The molecule has 1 aromatic rings. The summed E-state index contributed by atoms with van der Waals surface area (Å²) in [5, 5.41) is 0. The fourth-order valence-corrected chi connectivity index (χ4v) is 1.36. The summed E-state index contributed by atoms with van der Waals surface area (Å²) < 4.78 is 5.68. The summed E-state index contributed by atoms with van der Waals surface area (Å²) in [5.74, 6) is 0.734. The van der Waals surface area contributed by atoms with Crippen LogP contribution in [0, 0.1) is 0 Å². The third-order valence-electron chi connectivity index (χ3n) is 2.04. The summed E-state index contributed by atoms with van der Waals surface area (Å²) in [7, 11) is 2.03. The van der Waals surface area contributed by atoms with Crippen molar-refractivity contribution in [2.24, 2.45) is 0 Å². The molecule has 0 fully saturated rings. The first-order valence-electron chi connectivity index (χ1n) is 4.42. The Balaban J connectivity index is 2.47. The van der Waals surface area contributed by atoms with Gasteiger partial charge in [-0.15, -0.1) is 0 Å². The average molecular weight is 173 g/mol. The summed E-state index contributed by atoms with van der Waals surface area (Å²) in [6.07, 6.45) is 5.95. The van der Waals surface area contributed by atoms with Crippen LogP contribution in [0.4, 0.5) is 0 Å². The van der Waals surface area contributed by atoms with Crippen molar-refractivity contribution < 1.29 is 4.74 Å². The second kappa shape index (κ2) is 2.62. The zero-order valence-corrected chi connectivity index (χ0v) is 8.16. The van der Waals surface area contributed by atoms with Crippen LogP contribution in [0.15, 0.2) is 18.3 Å². The standard InChI is InChI=1S/C10H12BNO/c1-10(2)4-3-7-5-8(11)6-12-9(7)13-10/h3-6H,11H2,1-2H3. The Hall–Kier alpha value is -1.25. The maximum absolute atomic E-state index is 5.68. The highest BCUT2D eigenvalue weighted by atomic mass is 16.5. The van der Waals surface area contributed by atoms with Gasteiger partial charge in [-0.2, -0.15) is 0 Å². The molecule has 2 nitrogen and oxygen atoms in total. The molecule has 0 N–H and O–H groups in total. The van der Waals surface area contributed by atoms with Crippen molar-refractivity contribution in [3.8, 4) is 5.88 Å². The number of aromatic nitrogens is 1. The predicted molar refractivity (Wildman–Crippen MR) is 56.2 cm³/mol. The van der Waals surface area contributed by atoms with Crippen LogP contribution in [-0.4, -0.2) is 18.4 Å². The van der Waals surface area contributed by atoms with Gasteiger partial charge in [-0.05, 0) is 26.0 Å². The van der Waals surface area contributed by atoms with Gasteiger partial charge >= 0.3 is 0 Å². The normalized spacial score (nSPS) is 17.7. The molecule has 66 valence electrons. The van der Waals surface area contributed by atoms with Gasteiger partial charge in [0.1, 0.15) is 13.4 Å². The summed E-state index contributed by atoms with van der Waals surface area (Å²) >= 11 is 0. The molecular formula is C10H12BNO. The third-order valence-corrected chi connectivity index (χ3v) is 2.04. The first-order chi connectivity index (χ1) is 6.07. The molecule has 3 heteroatoms. The van der Waals surface area contributed by atoms with Crippen LogP contribution in [0.1, 0.15) is 19.4 Å². The average Bonchev–Trinajstić information content (AvgIpc) is 2.05. The van der Waals surface area contributed by atoms with Gasteiger partial charge in [-0.1, -0.05) is 11.5 Å². The van der Waals surface area contributed by atoms with Gasteiger partial charge in [-0.25, -0.2) is 4.98 Å². The Bertz CT molecular complexity index is 371. The Kier molecular flexibility index (Phi) is 1.69. The van der Waals surface area contributed by atoms with E-state index in [9.17, 15) is 0 Å². The van der Waals surface area contributed by atoms with Gasteiger partial charge in [0, 0.05) is 11.8 Å². The van der Waals surface area contributed by atoms with Crippen molar-refractivity contribution >= 4 is 19.4 Å². The fourth-order valence-electron chi connectivity index (χ4n) is 1.36. The maximum Gasteiger partial charge on any atom is 0.221 e. The Morgan fingerprint density at radius 1 is 1.46 bits per heavy atom. The molecule has 1 aliphatic heterocycles. The van der Waals surface area contributed by atoms with E-state index >= 15 is 0 Å². The van der Waals surface area contributed by atoms with E-state index in [0.29, 0.717) is 0 Å². The smallest absolute Gasteiger partial charge is 0.221 e. The zero-order chi connectivity index (χ0) is 9.47. The van der Waals surface area contributed by atoms with E-state index in [4.69, 9.17) is 4.74 Å². The second-order valence-corrected chi connectivity index (χ2v) is 3.95. The first kappa shape index (κ1) is 8.36. The molecule has 0 amide bonds. The molecule has 2 rings (SSSR count). The van der Waals surface area contributed by atoms with Crippen molar-refractivity contribution in [2.45, 2.75) is 19.4 Å². The Morgan fingerprint density at radius 3 is 3.00 bits per heavy atom. The van der Waals surface area contributed by atoms with Crippen LogP contribution >= 0.6 is 0 Å². The molecule has 0 unspecified atom stereocenters. The number of fused-ring (bicyclic) bond motifs is 1. The quantitative estimate of drug-likeness (QED) is 0.533. The van der Waals surface area contributed by atoms with E-state index in [1.807, 2.05) is 27.9 Å². The molecule has 1 aromatic heterocycles. The van der Waals surface area contributed by atoms with E-state index < -0.39 is 0 Å². The SMILES string of the molecule is Bc1cnc2c(c1)C=CC(C)(C)O2. The van der Waals surface area contributed by atoms with Crippen LogP contribution in [0.25, 0.3) is 6.08 Å². The minimum Gasteiger partial charge on any atom is -0.467 e. The van der Waals surface area contributed by atoms with E-state index in [2.05, 4.69) is 23.2 Å². The van der Waals surface area contributed by atoms with Crippen molar-refractivity contribution in [3.05, 3.63) is 23.9 Å². The molecule has 0 bridgehead atoms. The lowest BCUT2D eigenvalue weighted by Crippen LogP contribution is -2.28. The zero-order valence-electron chi connectivity index (χ0n) is 8.16. The van der Waals surface area contributed by atoms with Crippen molar-refractivity contribution in [1.82, 2.24) is 4.98 Å². The summed E-state index contributed by atoms with van der Waals surface area (Å²) in [6, 6.07) is 2.08. The predicted octanol–water partition coefficient (Wildman–Crippen LogP) is 0.524. The lowest BCUT2D eigenvalue weighted by molar-refractivity contribution is 0.151. The van der Waals surface area contributed by atoms with E-state index in [0.717, 1.165) is 16.9 Å². The van der Waals surface area contributed by atoms with E-state index in [1.165, 1.54) is 0 Å². The second-order valence-electron chi connectivity index (χ2n) is 3.95.